The lowest BCUT2D eigenvalue weighted by atomic mass is 10.2. The average Bonchev–Trinajstić information content (AvgIpc) is 1.98. The van der Waals surface area contributed by atoms with Crippen molar-refractivity contribution in [3.63, 3.8) is 0 Å². The Kier molecular flexibility index (Phi) is 4.27. The van der Waals surface area contributed by atoms with E-state index in [0.717, 1.165) is 5.57 Å². The van der Waals surface area contributed by atoms with Crippen molar-refractivity contribution >= 4 is 5.97 Å². The van der Waals surface area contributed by atoms with Gasteiger partial charge in [0.15, 0.2) is 0 Å². The Morgan fingerprint density at radius 1 is 1.45 bits per heavy atom. The molecule has 2 nitrogen and oxygen atoms in total. The highest BCUT2D eigenvalue weighted by Gasteiger charge is 2.04. The second-order valence-corrected chi connectivity index (χ2v) is 2.49. The topological polar surface area (TPSA) is 26.3 Å². The summed E-state index contributed by atoms with van der Waals surface area (Å²) in [7, 11) is 0. The maximum absolute atomic E-state index is 10.9. The molecule has 0 aliphatic rings. The van der Waals surface area contributed by atoms with Crippen molar-refractivity contribution < 1.29 is 9.53 Å². The molecule has 0 saturated carbocycles. The van der Waals surface area contributed by atoms with Crippen LogP contribution in [0, 0.1) is 0 Å². The van der Waals surface area contributed by atoms with Crippen LogP contribution in [0.2, 0.25) is 0 Å². The maximum atomic E-state index is 10.9. The van der Waals surface area contributed by atoms with Crippen molar-refractivity contribution in [2.75, 3.05) is 6.61 Å². The standard InChI is InChI=1S/C9H14O2/c1-5-8(4)9(10)11-6-7(2)3/h2,4-6H2,1,3H3. The lowest BCUT2D eigenvalue weighted by Gasteiger charge is -2.03. The first-order valence-corrected chi connectivity index (χ1v) is 3.57. The van der Waals surface area contributed by atoms with Crippen LogP contribution in [0.3, 0.4) is 0 Å². The van der Waals surface area contributed by atoms with E-state index < -0.39 is 0 Å². The maximum Gasteiger partial charge on any atom is 0.333 e. The Morgan fingerprint density at radius 3 is 2.36 bits per heavy atom. The van der Waals surface area contributed by atoms with Crippen LogP contribution in [-0.2, 0) is 9.53 Å². The molecule has 0 atom stereocenters. The second-order valence-electron chi connectivity index (χ2n) is 2.49. The van der Waals surface area contributed by atoms with E-state index in [2.05, 4.69) is 13.2 Å². The van der Waals surface area contributed by atoms with Crippen LogP contribution in [0.4, 0.5) is 0 Å². The molecule has 0 aromatic carbocycles. The SMILES string of the molecule is C=C(C)COC(=O)C(=C)CC. The Hall–Kier alpha value is -1.05. The number of carbonyl (C=O) groups is 1. The largest absolute Gasteiger partial charge is 0.458 e. The highest BCUT2D eigenvalue weighted by Crippen LogP contribution is 2.00. The van der Waals surface area contributed by atoms with Gasteiger partial charge in [0, 0.05) is 5.57 Å². The Morgan fingerprint density at radius 2 is 2.00 bits per heavy atom. The fourth-order valence-corrected chi connectivity index (χ4v) is 0.435. The van der Waals surface area contributed by atoms with Gasteiger partial charge in [0.1, 0.15) is 6.61 Å². The van der Waals surface area contributed by atoms with Crippen molar-refractivity contribution in [3.8, 4) is 0 Å². The van der Waals surface area contributed by atoms with Crippen molar-refractivity contribution in [3.05, 3.63) is 24.3 Å². The van der Waals surface area contributed by atoms with Gasteiger partial charge in [-0.1, -0.05) is 20.1 Å². The van der Waals surface area contributed by atoms with E-state index in [4.69, 9.17) is 4.74 Å². The quantitative estimate of drug-likeness (QED) is 0.352. The summed E-state index contributed by atoms with van der Waals surface area (Å²) < 4.78 is 4.82. The van der Waals surface area contributed by atoms with Crippen LogP contribution < -0.4 is 0 Å². The first kappa shape index (κ1) is 9.95. The van der Waals surface area contributed by atoms with Crippen LogP contribution in [0.25, 0.3) is 0 Å². The Balaban J connectivity index is 3.70. The molecule has 0 bridgehead atoms. The van der Waals surface area contributed by atoms with E-state index >= 15 is 0 Å². The third-order valence-corrected chi connectivity index (χ3v) is 1.17. The van der Waals surface area contributed by atoms with E-state index in [1.54, 1.807) is 0 Å². The summed E-state index contributed by atoms with van der Waals surface area (Å²) in [6, 6.07) is 0. The predicted molar refractivity (Wildman–Crippen MR) is 45.2 cm³/mol. The lowest BCUT2D eigenvalue weighted by Crippen LogP contribution is -2.07. The Labute approximate surface area is 67.6 Å². The number of ether oxygens (including phenoxy) is 1. The van der Waals surface area contributed by atoms with E-state index in [1.807, 2.05) is 13.8 Å². The normalized spacial score (nSPS) is 8.91. The highest BCUT2D eigenvalue weighted by molar-refractivity contribution is 5.87. The third kappa shape index (κ3) is 4.37. The zero-order valence-electron chi connectivity index (χ0n) is 7.14. The molecule has 0 heterocycles. The molecule has 2 heteroatoms. The molecule has 0 aliphatic heterocycles. The number of rotatable bonds is 4. The van der Waals surface area contributed by atoms with Crippen LogP contribution in [-0.4, -0.2) is 12.6 Å². The monoisotopic (exact) mass is 154 g/mol. The minimum Gasteiger partial charge on any atom is -0.458 e. The van der Waals surface area contributed by atoms with Crippen molar-refractivity contribution in [1.29, 1.82) is 0 Å². The zero-order valence-corrected chi connectivity index (χ0v) is 7.14. The number of hydrogen-bond acceptors (Lipinski definition) is 2. The zero-order chi connectivity index (χ0) is 8.85. The Bertz CT molecular complexity index is 180. The molecule has 0 aromatic rings. The predicted octanol–water partition coefficient (Wildman–Crippen LogP) is 2.07. The molecule has 0 fully saturated rings. The first-order chi connectivity index (χ1) is 5.07. The van der Waals surface area contributed by atoms with Crippen molar-refractivity contribution in [1.82, 2.24) is 0 Å². The molecule has 62 valence electrons. The summed E-state index contributed by atoms with van der Waals surface area (Å²) in [5, 5.41) is 0. The molecule has 0 saturated heterocycles. The highest BCUT2D eigenvalue weighted by atomic mass is 16.5. The first-order valence-electron chi connectivity index (χ1n) is 3.57. The summed E-state index contributed by atoms with van der Waals surface area (Å²) in [4.78, 5) is 10.9. The van der Waals surface area contributed by atoms with Crippen molar-refractivity contribution in [2.24, 2.45) is 0 Å². The fraction of sp³-hybridized carbons (Fsp3) is 0.444. The smallest absolute Gasteiger partial charge is 0.333 e. The number of esters is 1. The summed E-state index contributed by atoms with van der Waals surface area (Å²) in [5.41, 5.74) is 1.34. The van der Waals surface area contributed by atoms with Crippen LogP contribution >= 0.6 is 0 Å². The van der Waals surface area contributed by atoms with Gasteiger partial charge < -0.3 is 4.74 Å². The molecule has 0 spiro atoms. The minimum absolute atomic E-state index is 0.290. The summed E-state index contributed by atoms with van der Waals surface area (Å²) in [6.07, 6.45) is 0.634. The van der Waals surface area contributed by atoms with Gasteiger partial charge >= 0.3 is 5.97 Å². The van der Waals surface area contributed by atoms with E-state index in [9.17, 15) is 4.79 Å². The second kappa shape index (κ2) is 4.72. The summed E-state index contributed by atoms with van der Waals surface area (Å²) >= 11 is 0. The molecule has 0 radical (unpaired) electrons. The van der Waals surface area contributed by atoms with Crippen LogP contribution in [0.15, 0.2) is 24.3 Å². The van der Waals surface area contributed by atoms with E-state index in [0.29, 0.717) is 12.0 Å². The van der Waals surface area contributed by atoms with Crippen molar-refractivity contribution in [2.45, 2.75) is 20.3 Å². The molecule has 0 aliphatic carbocycles. The molecular formula is C9H14O2. The molecule has 11 heavy (non-hydrogen) atoms. The fourth-order valence-electron chi connectivity index (χ4n) is 0.435. The van der Waals surface area contributed by atoms with E-state index in [1.165, 1.54) is 0 Å². The molecule has 0 N–H and O–H groups in total. The molecule has 0 aromatic heterocycles. The average molecular weight is 154 g/mol. The summed E-state index contributed by atoms with van der Waals surface area (Å²) in [6.45, 7) is 11.1. The van der Waals surface area contributed by atoms with Crippen LogP contribution in [0.5, 0.6) is 0 Å². The number of carbonyl (C=O) groups excluding carboxylic acids is 1. The third-order valence-electron chi connectivity index (χ3n) is 1.17. The lowest BCUT2D eigenvalue weighted by molar-refractivity contribution is -0.138. The van der Waals surface area contributed by atoms with Gasteiger partial charge in [0.05, 0.1) is 0 Å². The van der Waals surface area contributed by atoms with Gasteiger partial charge in [-0.2, -0.15) is 0 Å². The summed E-state index contributed by atoms with van der Waals surface area (Å²) in [5.74, 6) is -0.324. The van der Waals surface area contributed by atoms with Crippen LogP contribution in [0.1, 0.15) is 20.3 Å². The number of hydrogen-bond donors (Lipinski definition) is 0. The molecular weight excluding hydrogens is 140 g/mol. The minimum atomic E-state index is -0.324. The van der Waals surface area contributed by atoms with Gasteiger partial charge in [-0.25, -0.2) is 4.79 Å². The van der Waals surface area contributed by atoms with Gasteiger partial charge in [0.25, 0.3) is 0 Å². The molecule has 0 rings (SSSR count). The van der Waals surface area contributed by atoms with E-state index in [-0.39, 0.29) is 12.6 Å². The van der Waals surface area contributed by atoms with Gasteiger partial charge in [-0.05, 0) is 18.9 Å². The van der Waals surface area contributed by atoms with Gasteiger partial charge in [-0.15, -0.1) is 0 Å². The molecule has 0 amide bonds. The van der Waals surface area contributed by atoms with Gasteiger partial charge in [0.2, 0.25) is 0 Å². The molecule has 0 unspecified atom stereocenters. The van der Waals surface area contributed by atoms with Gasteiger partial charge in [-0.3, -0.25) is 0 Å².